The maximum atomic E-state index is 12.7. The van der Waals surface area contributed by atoms with Gasteiger partial charge in [0.2, 0.25) is 15.9 Å². The quantitative estimate of drug-likeness (QED) is 0.411. The summed E-state index contributed by atoms with van der Waals surface area (Å²) in [7, 11) is -6.23. The number of carbonyl (C=O) groups is 1. The fraction of sp³-hybridized carbons (Fsp3) is 0.208. The summed E-state index contributed by atoms with van der Waals surface area (Å²) < 4.78 is 58.6. The molecule has 36 heavy (non-hydrogen) atoms. The lowest BCUT2D eigenvalue weighted by molar-refractivity contribution is -0.114. The Hall–Kier alpha value is -3.28. The zero-order chi connectivity index (χ0) is 26.7. The van der Waals surface area contributed by atoms with Crippen LogP contribution < -0.4 is 19.1 Å². The minimum atomic E-state index is -3.85. The molecule has 0 fully saturated rings. The molecule has 2 N–H and O–H groups in total. The van der Waals surface area contributed by atoms with Crippen molar-refractivity contribution in [3.63, 3.8) is 0 Å². The molecule has 0 saturated carbocycles. The van der Waals surface area contributed by atoms with Crippen LogP contribution in [0.25, 0.3) is 0 Å². The van der Waals surface area contributed by atoms with Crippen molar-refractivity contribution in [2.24, 2.45) is 0 Å². The Bertz CT molecular complexity index is 1490. The van der Waals surface area contributed by atoms with Gasteiger partial charge in [0.05, 0.1) is 29.0 Å². The predicted octanol–water partition coefficient (Wildman–Crippen LogP) is 4.17. The second-order valence-electron chi connectivity index (χ2n) is 8.07. The zero-order valence-corrected chi connectivity index (χ0v) is 22.5. The highest BCUT2D eigenvalue weighted by Crippen LogP contribution is 2.30. The van der Waals surface area contributed by atoms with Crippen LogP contribution in [0, 0.1) is 13.8 Å². The average molecular weight is 552 g/mol. The number of hydrogen-bond acceptors (Lipinski definition) is 6. The molecule has 9 nitrogen and oxygen atoms in total. The highest BCUT2D eigenvalue weighted by atomic mass is 35.5. The van der Waals surface area contributed by atoms with Crippen molar-refractivity contribution in [3.05, 3.63) is 76.8 Å². The topological polar surface area (TPSA) is 122 Å². The Morgan fingerprint density at radius 3 is 2.11 bits per heavy atom. The standard InChI is InChI=1S/C24H26ClN3O6S2/c1-16-5-6-19(13-17(16)2)27-36(32,33)21-10-7-18(8-11-21)26-24(29)15-28(35(4,30)31)20-9-12-23(34-3)22(25)14-20/h5-14,27H,15H2,1-4H3,(H,26,29). The van der Waals surface area contributed by atoms with Gasteiger partial charge in [-0.25, -0.2) is 16.8 Å². The lowest BCUT2D eigenvalue weighted by atomic mass is 10.1. The fourth-order valence-corrected chi connectivity index (χ4v) is 5.43. The van der Waals surface area contributed by atoms with Crippen LogP contribution in [-0.2, 0) is 24.8 Å². The van der Waals surface area contributed by atoms with Crippen LogP contribution in [0.2, 0.25) is 5.02 Å². The molecule has 0 unspecified atom stereocenters. The van der Waals surface area contributed by atoms with Crippen molar-refractivity contribution in [2.45, 2.75) is 18.7 Å². The number of halogens is 1. The van der Waals surface area contributed by atoms with Crippen LogP contribution in [0.15, 0.2) is 65.6 Å². The highest BCUT2D eigenvalue weighted by Gasteiger charge is 2.22. The number of methoxy groups -OCH3 is 1. The first-order chi connectivity index (χ1) is 16.8. The van der Waals surface area contributed by atoms with Gasteiger partial charge in [0.15, 0.2) is 0 Å². The summed E-state index contributed by atoms with van der Waals surface area (Å²) >= 11 is 6.11. The second-order valence-corrected chi connectivity index (χ2v) is 12.1. The van der Waals surface area contributed by atoms with Crippen molar-refractivity contribution in [2.75, 3.05) is 34.3 Å². The summed E-state index contributed by atoms with van der Waals surface area (Å²) in [5, 5.41) is 2.77. The predicted molar refractivity (Wildman–Crippen MR) is 142 cm³/mol. The summed E-state index contributed by atoms with van der Waals surface area (Å²) in [4.78, 5) is 12.6. The van der Waals surface area contributed by atoms with Gasteiger partial charge in [0.25, 0.3) is 10.0 Å². The van der Waals surface area contributed by atoms with Crippen LogP contribution in [0.1, 0.15) is 11.1 Å². The molecular weight excluding hydrogens is 526 g/mol. The lowest BCUT2D eigenvalue weighted by Crippen LogP contribution is -2.37. The van der Waals surface area contributed by atoms with Crippen molar-refractivity contribution in [1.29, 1.82) is 0 Å². The van der Waals surface area contributed by atoms with Gasteiger partial charge in [-0.05, 0) is 79.6 Å². The number of hydrogen-bond donors (Lipinski definition) is 2. The molecule has 0 heterocycles. The monoisotopic (exact) mass is 551 g/mol. The number of ether oxygens (including phenoxy) is 1. The van der Waals surface area contributed by atoms with Crippen LogP contribution in [0.3, 0.4) is 0 Å². The minimum Gasteiger partial charge on any atom is -0.495 e. The van der Waals surface area contributed by atoms with Gasteiger partial charge in [0.1, 0.15) is 12.3 Å². The number of aryl methyl sites for hydroxylation is 2. The van der Waals surface area contributed by atoms with E-state index < -0.39 is 32.5 Å². The van der Waals surface area contributed by atoms with Crippen molar-refractivity contribution in [3.8, 4) is 5.75 Å². The van der Waals surface area contributed by atoms with E-state index in [1.54, 1.807) is 12.1 Å². The molecule has 3 rings (SSSR count). The summed E-state index contributed by atoms with van der Waals surface area (Å²) in [5.41, 5.74) is 2.93. The Kier molecular flexibility index (Phi) is 8.17. The van der Waals surface area contributed by atoms with E-state index in [9.17, 15) is 21.6 Å². The third kappa shape index (κ3) is 6.68. The van der Waals surface area contributed by atoms with Gasteiger partial charge < -0.3 is 10.1 Å². The first-order valence-corrected chi connectivity index (χ1v) is 14.3. The largest absolute Gasteiger partial charge is 0.495 e. The van der Waals surface area contributed by atoms with E-state index in [1.807, 2.05) is 19.9 Å². The molecule has 0 aliphatic carbocycles. The Morgan fingerprint density at radius 1 is 0.917 bits per heavy atom. The maximum Gasteiger partial charge on any atom is 0.261 e. The Labute approximate surface area is 216 Å². The number of nitrogens with zero attached hydrogens (tertiary/aromatic N) is 1. The van der Waals surface area contributed by atoms with Crippen LogP contribution >= 0.6 is 11.6 Å². The molecule has 0 radical (unpaired) electrons. The fourth-order valence-electron chi connectivity index (χ4n) is 3.28. The SMILES string of the molecule is COc1ccc(N(CC(=O)Nc2ccc(S(=O)(=O)Nc3ccc(C)c(C)c3)cc2)S(C)(=O)=O)cc1Cl. The first-order valence-electron chi connectivity index (χ1n) is 10.6. The molecule has 0 aliphatic heterocycles. The highest BCUT2D eigenvalue weighted by molar-refractivity contribution is 7.92. The van der Waals surface area contributed by atoms with E-state index in [-0.39, 0.29) is 15.6 Å². The molecule has 0 atom stereocenters. The molecule has 3 aromatic carbocycles. The second kappa shape index (κ2) is 10.8. The number of benzene rings is 3. The van der Waals surface area contributed by atoms with E-state index in [1.165, 1.54) is 49.6 Å². The number of rotatable bonds is 9. The van der Waals surface area contributed by atoms with Crippen LogP contribution in [0.5, 0.6) is 5.75 Å². The van der Waals surface area contributed by atoms with Crippen LogP contribution in [0.4, 0.5) is 17.1 Å². The van der Waals surface area contributed by atoms with Gasteiger partial charge in [-0.3, -0.25) is 13.8 Å². The third-order valence-electron chi connectivity index (χ3n) is 5.32. The van der Waals surface area contributed by atoms with Gasteiger partial charge in [-0.1, -0.05) is 17.7 Å². The molecule has 3 aromatic rings. The zero-order valence-electron chi connectivity index (χ0n) is 20.1. The normalized spacial score (nSPS) is 11.6. The maximum absolute atomic E-state index is 12.7. The average Bonchev–Trinajstić information content (AvgIpc) is 2.79. The van der Waals surface area contributed by atoms with Crippen molar-refractivity contribution < 1.29 is 26.4 Å². The number of sulfonamides is 2. The number of anilines is 3. The van der Waals surface area contributed by atoms with Gasteiger partial charge >= 0.3 is 0 Å². The smallest absolute Gasteiger partial charge is 0.261 e. The minimum absolute atomic E-state index is 0.00404. The number of amides is 1. The number of carbonyl (C=O) groups excluding carboxylic acids is 1. The van der Waals surface area contributed by atoms with Gasteiger partial charge in [-0.15, -0.1) is 0 Å². The first kappa shape index (κ1) is 27.3. The lowest BCUT2D eigenvalue weighted by Gasteiger charge is -2.22. The van der Waals surface area contributed by atoms with E-state index in [0.717, 1.165) is 21.7 Å². The molecule has 1 amide bonds. The van der Waals surface area contributed by atoms with E-state index in [2.05, 4.69) is 10.0 Å². The van der Waals surface area contributed by atoms with Crippen LogP contribution in [-0.4, -0.2) is 42.7 Å². The van der Waals surface area contributed by atoms with E-state index in [4.69, 9.17) is 16.3 Å². The summed E-state index contributed by atoms with van der Waals surface area (Å²) in [6, 6.07) is 15.1. The van der Waals surface area contributed by atoms with E-state index in [0.29, 0.717) is 17.1 Å². The van der Waals surface area contributed by atoms with Crippen molar-refractivity contribution >= 4 is 54.6 Å². The number of nitrogens with one attached hydrogen (secondary N) is 2. The molecule has 0 aromatic heterocycles. The van der Waals surface area contributed by atoms with E-state index >= 15 is 0 Å². The summed E-state index contributed by atoms with van der Waals surface area (Å²) in [5.74, 6) is -0.267. The third-order valence-corrected chi connectivity index (χ3v) is 8.15. The summed E-state index contributed by atoms with van der Waals surface area (Å²) in [6.07, 6.45) is 0.973. The molecule has 0 saturated heterocycles. The Morgan fingerprint density at radius 2 is 1.56 bits per heavy atom. The molecular formula is C24H26ClN3O6S2. The molecule has 0 bridgehead atoms. The summed E-state index contributed by atoms with van der Waals surface area (Å²) in [6.45, 7) is 3.30. The molecule has 12 heteroatoms. The molecule has 0 aliphatic rings. The molecule has 192 valence electrons. The Balaban J connectivity index is 1.72. The van der Waals surface area contributed by atoms with Gasteiger partial charge in [0, 0.05) is 11.4 Å². The molecule has 0 spiro atoms. The van der Waals surface area contributed by atoms with Crippen molar-refractivity contribution in [1.82, 2.24) is 0 Å². The van der Waals surface area contributed by atoms with Gasteiger partial charge in [-0.2, -0.15) is 0 Å².